The average molecular weight is 248 g/mol. The second-order valence-electron chi connectivity index (χ2n) is 3.44. The molecule has 1 rings (SSSR count). The molecule has 0 radical (unpaired) electrons. The molecule has 5 heteroatoms. The van der Waals surface area contributed by atoms with Gasteiger partial charge in [0.1, 0.15) is 0 Å². The Morgan fingerprint density at radius 3 is 2.40 bits per heavy atom. The third-order valence-electron chi connectivity index (χ3n) is 2.02. The van der Waals surface area contributed by atoms with Crippen molar-refractivity contribution in [3.63, 3.8) is 0 Å². The number of nitrogens with two attached hydrogens (primary N) is 1. The maximum atomic E-state index is 10.7. The van der Waals surface area contributed by atoms with E-state index in [0.717, 1.165) is 5.56 Å². The normalized spacial score (nSPS) is 13.7. The Morgan fingerprint density at radius 1 is 1.27 bits per heavy atom. The van der Waals surface area contributed by atoms with Crippen LogP contribution in [0.2, 0.25) is 0 Å². The molecular formula is C10H14ClNO2S. The van der Waals surface area contributed by atoms with Crippen LogP contribution in [0.1, 0.15) is 12.0 Å². The fraction of sp³-hybridized carbons (Fsp3) is 0.400. The molecule has 0 heterocycles. The number of primary sulfonamides is 1. The Hall–Kier alpha value is -0.580. The first-order valence-corrected chi connectivity index (χ1v) is 6.81. The Labute approximate surface area is 95.3 Å². The Kier molecular flexibility index (Phi) is 4.57. The van der Waals surface area contributed by atoms with E-state index in [1.807, 2.05) is 30.3 Å². The van der Waals surface area contributed by atoms with Gasteiger partial charge in [-0.1, -0.05) is 30.3 Å². The fourth-order valence-electron chi connectivity index (χ4n) is 1.26. The van der Waals surface area contributed by atoms with Gasteiger partial charge in [0.15, 0.2) is 0 Å². The van der Waals surface area contributed by atoms with E-state index in [1.54, 1.807) is 0 Å². The van der Waals surface area contributed by atoms with Gasteiger partial charge >= 0.3 is 0 Å². The summed E-state index contributed by atoms with van der Waals surface area (Å²) in [6.07, 6.45) is 1.05. The molecule has 1 aromatic rings. The second kappa shape index (κ2) is 5.49. The van der Waals surface area contributed by atoms with E-state index in [4.69, 9.17) is 16.7 Å². The van der Waals surface area contributed by atoms with E-state index in [1.165, 1.54) is 0 Å². The van der Waals surface area contributed by atoms with Gasteiger partial charge in [-0.05, 0) is 18.4 Å². The minimum absolute atomic E-state index is 0.0615. The second-order valence-corrected chi connectivity index (χ2v) is 5.79. The lowest BCUT2D eigenvalue weighted by molar-refractivity contribution is 0.593. The summed E-state index contributed by atoms with van der Waals surface area (Å²) in [5.74, 6) is -0.0615. The molecule has 0 saturated carbocycles. The molecule has 0 aromatic heterocycles. The van der Waals surface area contributed by atoms with Crippen LogP contribution in [0.5, 0.6) is 0 Å². The summed E-state index contributed by atoms with van der Waals surface area (Å²) in [7, 11) is -3.40. The van der Waals surface area contributed by atoms with Crippen LogP contribution in [0.15, 0.2) is 30.3 Å². The van der Waals surface area contributed by atoms with E-state index >= 15 is 0 Å². The standard InChI is InChI=1S/C10H14ClNO2S/c11-10(6-7-15(12,13)14)8-9-4-2-1-3-5-9/h1-5,10H,6-8H2,(H2,12,13,14). The molecule has 0 saturated heterocycles. The van der Waals surface area contributed by atoms with Gasteiger partial charge in [-0.2, -0.15) is 0 Å². The first-order valence-electron chi connectivity index (χ1n) is 4.66. The zero-order chi connectivity index (χ0) is 11.3. The minimum atomic E-state index is -3.40. The first-order chi connectivity index (χ1) is 6.97. The molecule has 0 amide bonds. The van der Waals surface area contributed by atoms with Crippen molar-refractivity contribution in [1.29, 1.82) is 0 Å². The molecule has 0 spiro atoms. The number of alkyl halides is 1. The number of rotatable bonds is 5. The van der Waals surface area contributed by atoms with Crippen molar-refractivity contribution in [2.24, 2.45) is 5.14 Å². The van der Waals surface area contributed by atoms with Gasteiger partial charge in [-0.15, -0.1) is 11.6 Å². The van der Waals surface area contributed by atoms with Crippen LogP contribution in [-0.4, -0.2) is 19.5 Å². The van der Waals surface area contributed by atoms with Crippen molar-refractivity contribution in [2.45, 2.75) is 18.2 Å². The summed E-state index contributed by atoms with van der Waals surface area (Å²) in [5.41, 5.74) is 1.10. The van der Waals surface area contributed by atoms with Crippen LogP contribution in [0.4, 0.5) is 0 Å². The Bertz CT molecular complexity index is 391. The van der Waals surface area contributed by atoms with Crippen molar-refractivity contribution in [1.82, 2.24) is 0 Å². The van der Waals surface area contributed by atoms with Crippen LogP contribution >= 0.6 is 11.6 Å². The molecule has 0 fully saturated rings. The van der Waals surface area contributed by atoms with E-state index in [0.29, 0.717) is 12.8 Å². The largest absolute Gasteiger partial charge is 0.229 e. The lowest BCUT2D eigenvalue weighted by Crippen LogP contribution is -2.19. The van der Waals surface area contributed by atoms with E-state index < -0.39 is 10.0 Å². The molecule has 3 nitrogen and oxygen atoms in total. The summed E-state index contributed by atoms with van der Waals surface area (Å²) in [5, 5.41) is 4.70. The van der Waals surface area contributed by atoms with Gasteiger partial charge in [0.2, 0.25) is 10.0 Å². The molecule has 1 aromatic carbocycles. The number of sulfonamides is 1. The van der Waals surface area contributed by atoms with E-state index in [-0.39, 0.29) is 11.1 Å². The summed E-state index contributed by atoms with van der Waals surface area (Å²) in [6.45, 7) is 0. The third-order valence-corrected chi connectivity index (χ3v) is 3.19. The highest BCUT2D eigenvalue weighted by atomic mass is 35.5. The molecule has 1 unspecified atom stereocenters. The number of benzene rings is 1. The SMILES string of the molecule is NS(=O)(=O)CCC(Cl)Cc1ccccc1. The molecule has 0 aliphatic carbocycles. The van der Waals surface area contributed by atoms with Gasteiger partial charge in [0, 0.05) is 5.38 Å². The first kappa shape index (κ1) is 12.5. The number of hydrogen-bond donors (Lipinski definition) is 1. The van der Waals surface area contributed by atoms with E-state index in [9.17, 15) is 8.42 Å². The van der Waals surface area contributed by atoms with Crippen LogP contribution in [-0.2, 0) is 16.4 Å². The minimum Gasteiger partial charge on any atom is -0.229 e. The van der Waals surface area contributed by atoms with Crippen molar-refractivity contribution < 1.29 is 8.42 Å². The summed E-state index contributed by atoms with van der Waals surface area (Å²) < 4.78 is 21.4. The van der Waals surface area contributed by atoms with Gasteiger partial charge in [0.25, 0.3) is 0 Å². The third kappa shape index (κ3) is 5.77. The highest BCUT2D eigenvalue weighted by Gasteiger charge is 2.10. The van der Waals surface area contributed by atoms with Gasteiger partial charge < -0.3 is 0 Å². The summed E-state index contributed by atoms with van der Waals surface area (Å²) in [6, 6.07) is 9.72. The van der Waals surface area contributed by atoms with E-state index in [2.05, 4.69) is 0 Å². The van der Waals surface area contributed by atoms with Crippen molar-refractivity contribution >= 4 is 21.6 Å². The van der Waals surface area contributed by atoms with Crippen molar-refractivity contribution in [3.05, 3.63) is 35.9 Å². The van der Waals surface area contributed by atoms with Gasteiger partial charge in [-0.25, -0.2) is 13.6 Å². The predicted octanol–water partition coefficient (Wildman–Crippen LogP) is 1.52. The quantitative estimate of drug-likeness (QED) is 0.802. The topological polar surface area (TPSA) is 60.2 Å². The number of halogens is 1. The smallest absolute Gasteiger partial charge is 0.209 e. The molecular weight excluding hydrogens is 234 g/mol. The lowest BCUT2D eigenvalue weighted by atomic mass is 10.1. The summed E-state index contributed by atoms with van der Waals surface area (Å²) >= 11 is 6.00. The highest BCUT2D eigenvalue weighted by molar-refractivity contribution is 7.89. The maximum absolute atomic E-state index is 10.7. The molecule has 1 atom stereocenters. The molecule has 84 valence electrons. The molecule has 0 aliphatic rings. The van der Waals surface area contributed by atoms with Crippen LogP contribution in [0, 0.1) is 0 Å². The fourth-order valence-corrected chi connectivity index (χ4v) is 2.29. The highest BCUT2D eigenvalue weighted by Crippen LogP contribution is 2.11. The lowest BCUT2D eigenvalue weighted by Gasteiger charge is -2.08. The average Bonchev–Trinajstić information content (AvgIpc) is 2.15. The zero-order valence-corrected chi connectivity index (χ0v) is 9.84. The van der Waals surface area contributed by atoms with Gasteiger partial charge in [-0.3, -0.25) is 0 Å². The predicted molar refractivity (Wildman–Crippen MR) is 62.4 cm³/mol. The van der Waals surface area contributed by atoms with Crippen molar-refractivity contribution in [3.8, 4) is 0 Å². The Morgan fingerprint density at radius 2 is 1.87 bits per heavy atom. The number of hydrogen-bond acceptors (Lipinski definition) is 2. The summed E-state index contributed by atoms with van der Waals surface area (Å²) in [4.78, 5) is 0. The van der Waals surface area contributed by atoms with Crippen LogP contribution < -0.4 is 5.14 Å². The van der Waals surface area contributed by atoms with Crippen LogP contribution in [0.25, 0.3) is 0 Å². The monoisotopic (exact) mass is 247 g/mol. The molecule has 0 bridgehead atoms. The molecule has 15 heavy (non-hydrogen) atoms. The Balaban J connectivity index is 2.40. The van der Waals surface area contributed by atoms with Crippen molar-refractivity contribution in [2.75, 3.05) is 5.75 Å². The molecule has 2 N–H and O–H groups in total. The maximum Gasteiger partial charge on any atom is 0.209 e. The molecule has 0 aliphatic heterocycles. The van der Waals surface area contributed by atoms with Crippen LogP contribution in [0.3, 0.4) is 0 Å². The zero-order valence-electron chi connectivity index (χ0n) is 8.27. The van der Waals surface area contributed by atoms with Gasteiger partial charge in [0.05, 0.1) is 5.75 Å².